The molecule has 1 amide bonds. The highest BCUT2D eigenvalue weighted by molar-refractivity contribution is 7.92. The molecule has 0 fully saturated rings. The predicted molar refractivity (Wildman–Crippen MR) is 161 cm³/mol. The number of thiophene rings is 1. The van der Waals surface area contributed by atoms with E-state index in [9.17, 15) is 13.2 Å². The lowest BCUT2D eigenvalue weighted by atomic mass is 9.87. The molecule has 0 spiro atoms. The molecular weight excluding hydrogens is 604 g/mol. The average molecular weight is 633 g/mol. The summed E-state index contributed by atoms with van der Waals surface area (Å²) in [5, 5.41) is 6.37. The summed E-state index contributed by atoms with van der Waals surface area (Å²) in [6.45, 7) is 5.83. The van der Waals surface area contributed by atoms with Crippen LogP contribution in [-0.4, -0.2) is 44.8 Å². The summed E-state index contributed by atoms with van der Waals surface area (Å²) in [5.74, 6) is 0.100. The van der Waals surface area contributed by atoms with Crippen molar-refractivity contribution in [3.63, 3.8) is 0 Å². The number of carbonyl (C=O) groups excluding carboxylic acids is 1. The fraction of sp³-hybridized carbons (Fsp3) is 0.250. The van der Waals surface area contributed by atoms with Gasteiger partial charge in [-0.1, -0.05) is 44.5 Å². The second-order valence-corrected chi connectivity index (χ2v) is 12.6. The van der Waals surface area contributed by atoms with E-state index in [4.69, 9.17) is 30.5 Å². The molecule has 0 aliphatic rings. The Balaban J connectivity index is 1.58. The number of halogens is 1. The SMILES string of the molecule is COc1ccc(Cl)c(Oc2c(NS(=O)(=O)c3ccc(C(C)(C)C)cc3)ncnc2OCCOC(=O)Nc2ccsc2)c1. The van der Waals surface area contributed by atoms with Gasteiger partial charge in [0.25, 0.3) is 15.9 Å². The summed E-state index contributed by atoms with van der Waals surface area (Å²) in [5.41, 5.74) is 1.43. The largest absolute Gasteiger partial charge is 0.497 e. The van der Waals surface area contributed by atoms with Gasteiger partial charge < -0.3 is 18.9 Å². The van der Waals surface area contributed by atoms with Crippen LogP contribution in [0.4, 0.5) is 16.3 Å². The number of anilines is 2. The summed E-state index contributed by atoms with van der Waals surface area (Å²) in [6.07, 6.45) is 0.449. The molecule has 42 heavy (non-hydrogen) atoms. The van der Waals surface area contributed by atoms with E-state index in [1.54, 1.807) is 35.7 Å². The van der Waals surface area contributed by atoms with Crippen molar-refractivity contribution in [1.29, 1.82) is 0 Å². The van der Waals surface area contributed by atoms with Crippen LogP contribution in [0.25, 0.3) is 0 Å². The summed E-state index contributed by atoms with van der Waals surface area (Å²) >= 11 is 7.77. The van der Waals surface area contributed by atoms with Crippen LogP contribution in [0.3, 0.4) is 0 Å². The molecule has 0 atom stereocenters. The molecule has 2 aromatic carbocycles. The number of nitrogens with zero attached hydrogens (tertiary/aromatic N) is 2. The van der Waals surface area contributed by atoms with Crippen LogP contribution >= 0.6 is 22.9 Å². The highest BCUT2D eigenvalue weighted by Gasteiger charge is 2.24. The molecule has 11 nitrogen and oxygen atoms in total. The van der Waals surface area contributed by atoms with E-state index in [0.29, 0.717) is 11.4 Å². The first-order valence-electron chi connectivity index (χ1n) is 12.5. The Bertz CT molecular complexity index is 1630. The van der Waals surface area contributed by atoms with Gasteiger partial charge in [-0.15, -0.1) is 0 Å². The van der Waals surface area contributed by atoms with Gasteiger partial charge in [0.15, 0.2) is 5.82 Å². The van der Waals surface area contributed by atoms with E-state index in [1.165, 1.54) is 36.6 Å². The Labute approximate surface area is 252 Å². The minimum absolute atomic E-state index is 0.0204. The van der Waals surface area contributed by atoms with E-state index in [-0.39, 0.29) is 51.7 Å². The molecule has 2 aromatic heterocycles. The summed E-state index contributed by atoms with van der Waals surface area (Å²) in [7, 11) is -2.62. The Kier molecular flexibility index (Phi) is 9.76. The Hall–Kier alpha value is -4.07. The second-order valence-electron chi connectivity index (χ2n) is 9.76. The van der Waals surface area contributed by atoms with Crippen molar-refractivity contribution >= 4 is 50.6 Å². The third-order valence-electron chi connectivity index (χ3n) is 5.71. The van der Waals surface area contributed by atoms with Gasteiger partial charge >= 0.3 is 6.09 Å². The molecule has 0 bridgehead atoms. The third-order valence-corrected chi connectivity index (χ3v) is 8.06. The number of ether oxygens (including phenoxy) is 4. The van der Waals surface area contributed by atoms with Crippen LogP contribution in [0.15, 0.2) is 70.5 Å². The van der Waals surface area contributed by atoms with Crippen molar-refractivity contribution < 1.29 is 32.2 Å². The normalized spacial score (nSPS) is 11.5. The lowest BCUT2D eigenvalue weighted by molar-refractivity contribution is 0.135. The van der Waals surface area contributed by atoms with Gasteiger partial charge in [0.2, 0.25) is 5.75 Å². The Morgan fingerprint density at radius 1 is 1.05 bits per heavy atom. The molecule has 0 aliphatic carbocycles. The molecule has 222 valence electrons. The zero-order chi connectivity index (χ0) is 30.3. The van der Waals surface area contributed by atoms with Gasteiger partial charge in [-0.05, 0) is 46.7 Å². The van der Waals surface area contributed by atoms with E-state index in [1.807, 2.05) is 26.2 Å². The molecular formula is C28H29ClN4O7S2. The van der Waals surface area contributed by atoms with Crippen LogP contribution in [0.2, 0.25) is 5.02 Å². The number of sulfonamides is 1. The number of rotatable bonds is 11. The zero-order valence-corrected chi connectivity index (χ0v) is 25.6. The van der Waals surface area contributed by atoms with E-state index in [2.05, 4.69) is 20.0 Å². The lowest BCUT2D eigenvalue weighted by Gasteiger charge is -2.19. The lowest BCUT2D eigenvalue weighted by Crippen LogP contribution is -2.18. The van der Waals surface area contributed by atoms with Crippen molar-refractivity contribution in [1.82, 2.24) is 9.97 Å². The molecule has 2 N–H and O–H groups in total. The number of aromatic nitrogens is 2. The Morgan fingerprint density at radius 2 is 1.81 bits per heavy atom. The molecule has 0 unspecified atom stereocenters. The molecule has 4 aromatic rings. The molecule has 0 saturated heterocycles. The first-order chi connectivity index (χ1) is 20.0. The topological polar surface area (TPSA) is 138 Å². The predicted octanol–water partition coefficient (Wildman–Crippen LogP) is 6.72. The van der Waals surface area contributed by atoms with Gasteiger partial charge in [-0.2, -0.15) is 16.3 Å². The molecule has 14 heteroatoms. The zero-order valence-electron chi connectivity index (χ0n) is 23.2. The molecule has 0 radical (unpaired) electrons. The first kappa shape index (κ1) is 30.9. The van der Waals surface area contributed by atoms with Crippen LogP contribution in [0.5, 0.6) is 23.1 Å². The van der Waals surface area contributed by atoms with Gasteiger partial charge in [-0.25, -0.2) is 18.2 Å². The van der Waals surface area contributed by atoms with E-state index >= 15 is 0 Å². The fourth-order valence-electron chi connectivity index (χ4n) is 3.51. The quantitative estimate of drug-likeness (QED) is 0.173. The number of hydrogen-bond donors (Lipinski definition) is 2. The maximum atomic E-state index is 13.3. The number of amides is 1. The monoisotopic (exact) mass is 632 g/mol. The van der Waals surface area contributed by atoms with Gasteiger partial charge in [0, 0.05) is 11.4 Å². The van der Waals surface area contributed by atoms with Crippen LogP contribution in [0.1, 0.15) is 26.3 Å². The van der Waals surface area contributed by atoms with Crippen LogP contribution < -0.4 is 24.2 Å². The molecule has 0 saturated carbocycles. The second kappa shape index (κ2) is 13.3. The van der Waals surface area contributed by atoms with Gasteiger partial charge in [0.1, 0.15) is 31.0 Å². The molecule has 0 aliphatic heterocycles. The number of benzene rings is 2. The third kappa shape index (κ3) is 8.02. The maximum Gasteiger partial charge on any atom is 0.411 e. The highest BCUT2D eigenvalue weighted by atomic mass is 35.5. The Morgan fingerprint density at radius 3 is 2.48 bits per heavy atom. The number of nitrogens with one attached hydrogen (secondary N) is 2. The van der Waals surface area contributed by atoms with Gasteiger partial charge in [-0.3, -0.25) is 10.0 Å². The van der Waals surface area contributed by atoms with Crippen molar-refractivity contribution in [3.05, 3.63) is 76.2 Å². The van der Waals surface area contributed by atoms with Crippen molar-refractivity contribution in [2.45, 2.75) is 31.1 Å². The smallest absolute Gasteiger partial charge is 0.411 e. The number of carbonyl (C=O) groups is 1. The van der Waals surface area contributed by atoms with Crippen molar-refractivity contribution in [2.75, 3.05) is 30.4 Å². The summed E-state index contributed by atoms with van der Waals surface area (Å²) in [6, 6.07) is 13.0. The molecule has 2 heterocycles. The highest BCUT2D eigenvalue weighted by Crippen LogP contribution is 2.40. The first-order valence-corrected chi connectivity index (χ1v) is 15.3. The average Bonchev–Trinajstić information content (AvgIpc) is 3.46. The minimum Gasteiger partial charge on any atom is -0.497 e. The summed E-state index contributed by atoms with van der Waals surface area (Å²) in [4.78, 5) is 20.2. The van der Waals surface area contributed by atoms with E-state index in [0.717, 1.165) is 11.9 Å². The van der Waals surface area contributed by atoms with Crippen molar-refractivity contribution in [3.8, 4) is 23.1 Å². The van der Waals surface area contributed by atoms with Gasteiger partial charge in [0.05, 0.1) is 22.7 Å². The summed E-state index contributed by atoms with van der Waals surface area (Å²) < 4.78 is 51.2. The maximum absolute atomic E-state index is 13.3. The van der Waals surface area contributed by atoms with E-state index < -0.39 is 16.1 Å². The number of hydrogen-bond acceptors (Lipinski definition) is 10. The van der Waals surface area contributed by atoms with Crippen molar-refractivity contribution in [2.24, 2.45) is 0 Å². The minimum atomic E-state index is -4.10. The fourth-order valence-corrected chi connectivity index (χ4v) is 5.26. The standard InChI is InChI=1S/C28H29ClN4O7S2/c1-28(2,3)18-5-8-21(9-6-18)42(35,36)33-25-24(40-23-15-20(37-4)7-10-22(23)29)26(31-17-30-25)38-12-13-39-27(34)32-19-11-14-41-16-19/h5-11,14-17H,12-13H2,1-4H3,(H,32,34)(H,30,31,33). The number of methoxy groups -OCH3 is 1. The van der Waals surface area contributed by atoms with Crippen LogP contribution in [-0.2, 0) is 20.2 Å². The van der Waals surface area contributed by atoms with Crippen LogP contribution in [0, 0.1) is 0 Å². The molecule has 4 rings (SSSR count).